The first-order valence-electron chi connectivity index (χ1n) is 27.7. The van der Waals surface area contributed by atoms with Crippen molar-refractivity contribution in [1.29, 1.82) is 0 Å². The summed E-state index contributed by atoms with van der Waals surface area (Å²) in [7, 11) is 0. The standard InChI is InChI=1S/C56H108O6/c1-6-7-8-9-10-11-12-13-14-15-16-20-23-26-31-36-41-46-54(57)60-49-53(50-61-55(58)47-42-37-33-28-30-35-40-45-52(4)5)62-56(59)48-43-38-32-27-24-21-18-17-19-22-25-29-34-39-44-51(2)3/h51-53H,6-50H2,1-5H3/t53-/m0/s1. The van der Waals surface area contributed by atoms with Crippen LogP contribution < -0.4 is 0 Å². The first-order chi connectivity index (χ1) is 30.2. The van der Waals surface area contributed by atoms with E-state index in [1.54, 1.807) is 0 Å². The highest BCUT2D eigenvalue weighted by Gasteiger charge is 2.19. The van der Waals surface area contributed by atoms with E-state index in [4.69, 9.17) is 14.2 Å². The topological polar surface area (TPSA) is 78.9 Å². The minimum absolute atomic E-state index is 0.0636. The zero-order valence-electron chi connectivity index (χ0n) is 42.5. The summed E-state index contributed by atoms with van der Waals surface area (Å²) in [5.74, 6) is 0.779. The average Bonchev–Trinajstić information content (AvgIpc) is 3.24. The molecule has 6 heteroatoms. The number of carbonyl (C=O) groups is 3. The Kier molecular flexibility index (Phi) is 47.6. The normalized spacial score (nSPS) is 12.0. The molecule has 368 valence electrons. The summed E-state index contributed by atoms with van der Waals surface area (Å²) >= 11 is 0. The van der Waals surface area contributed by atoms with Crippen molar-refractivity contribution in [3.05, 3.63) is 0 Å². The van der Waals surface area contributed by atoms with Crippen LogP contribution in [0.3, 0.4) is 0 Å². The summed E-state index contributed by atoms with van der Waals surface area (Å²) in [5.41, 5.74) is 0. The van der Waals surface area contributed by atoms with E-state index in [0.29, 0.717) is 19.3 Å². The lowest BCUT2D eigenvalue weighted by Gasteiger charge is -2.18. The van der Waals surface area contributed by atoms with Crippen LogP contribution in [0.2, 0.25) is 0 Å². The third-order valence-corrected chi connectivity index (χ3v) is 12.7. The number of hydrogen-bond acceptors (Lipinski definition) is 6. The molecule has 6 nitrogen and oxygen atoms in total. The van der Waals surface area contributed by atoms with Gasteiger partial charge in [-0.3, -0.25) is 14.4 Å². The molecule has 0 radical (unpaired) electrons. The van der Waals surface area contributed by atoms with Gasteiger partial charge in [-0.05, 0) is 31.1 Å². The first-order valence-corrected chi connectivity index (χ1v) is 27.7. The van der Waals surface area contributed by atoms with Gasteiger partial charge in [0.05, 0.1) is 0 Å². The van der Waals surface area contributed by atoms with Gasteiger partial charge in [-0.25, -0.2) is 0 Å². The minimum Gasteiger partial charge on any atom is -0.462 e. The third kappa shape index (κ3) is 49.4. The van der Waals surface area contributed by atoms with E-state index in [2.05, 4.69) is 34.6 Å². The number of unbranched alkanes of at least 4 members (excludes halogenated alkanes) is 35. The van der Waals surface area contributed by atoms with Gasteiger partial charge in [0, 0.05) is 19.3 Å². The van der Waals surface area contributed by atoms with Crippen molar-refractivity contribution < 1.29 is 28.6 Å². The molecule has 1 atom stereocenters. The second-order valence-corrected chi connectivity index (χ2v) is 20.2. The van der Waals surface area contributed by atoms with Gasteiger partial charge in [0.15, 0.2) is 6.10 Å². The monoisotopic (exact) mass is 877 g/mol. The van der Waals surface area contributed by atoms with E-state index in [1.807, 2.05) is 0 Å². The van der Waals surface area contributed by atoms with Crippen LogP contribution in [0.25, 0.3) is 0 Å². The summed E-state index contributed by atoms with van der Waals surface area (Å²) in [6, 6.07) is 0. The van der Waals surface area contributed by atoms with Crippen LogP contribution >= 0.6 is 0 Å². The van der Waals surface area contributed by atoms with E-state index in [9.17, 15) is 14.4 Å². The molecule has 0 spiro atoms. The van der Waals surface area contributed by atoms with Gasteiger partial charge in [-0.15, -0.1) is 0 Å². The van der Waals surface area contributed by atoms with Gasteiger partial charge in [-0.2, -0.15) is 0 Å². The molecule has 0 amide bonds. The second-order valence-electron chi connectivity index (χ2n) is 20.2. The molecular formula is C56H108O6. The Morgan fingerprint density at radius 3 is 0.790 bits per heavy atom. The van der Waals surface area contributed by atoms with Crippen LogP contribution in [0, 0.1) is 11.8 Å². The Morgan fingerprint density at radius 1 is 0.306 bits per heavy atom. The Hall–Kier alpha value is -1.59. The molecule has 0 N–H and O–H groups in total. The predicted octanol–water partition coefficient (Wildman–Crippen LogP) is 18.1. The molecule has 0 aliphatic rings. The lowest BCUT2D eigenvalue weighted by Crippen LogP contribution is -2.30. The second kappa shape index (κ2) is 48.9. The number of hydrogen-bond donors (Lipinski definition) is 0. The fraction of sp³-hybridized carbons (Fsp3) is 0.946. The zero-order chi connectivity index (χ0) is 45.4. The molecule has 0 aromatic carbocycles. The van der Waals surface area contributed by atoms with Crippen molar-refractivity contribution >= 4 is 17.9 Å². The van der Waals surface area contributed by atoms with Crippen molar-refractivity contribution in [2.45, 2.75) is 317 Å². The first kappa shape index (κ1) is 60.4. The summed E-state index contributed by atoms with van der Waals surface area (Å²) in [6.07, 6.45) is 51.0. The number of rotatable bonds is 50. The summed E-state index contributed by atoms with van der Waals surface area (Å²) in [5, 5.41) is 0. The van der Waals surface area contributed by atoms with Crippen LogP contribution in [-0.2, 0) is 28.6 Å². The van der Waals surface area contributed by atoms with Crippen molar-refractivity contribution in [3.63, 3.8) is 0 Å². The molecule has 0 aromatic heterocycles. The molecule has 0 aliphatic carbocycles. The van der Waals surface area contributed by atoms with Gasteiger partial charge in [0.25, 0.3) is 0 Å². The lowest BCUT2D eigenvalue weighted by molar-refractivity contribution is -0.167. The molecule has 0 rings (SSSR count). The Labute approximate surface area is 387 Å². The number of esters is 3. The third-order valence-electron chi connectivity index (χ3n) is 12.7. The van der Waals surface area contributed by atoms with E-state index < -0.39 is 6.10 Å². The van der Waals surface area contributed by atoms with E-state index in [-0.39, 0.29) is 31.1 Å². The molecule has 0 unspecified atom stereocenters. The fourth-order valence-corrected chi connectivity index (χ4v) is 8.52. The van der Waals surface area contributed by atoms with Crippen molar-refractivity contribution in [2.24, 2.45) is 11.8 Å². The number of ether oxygens (including phenoxy) is 3. The highest BCUT2D eigenvalue weighted by Crippen LogP contribution is 2.18. The summed E-state index contributed by atoms with van der Waals surface area (Å²) < 4.78 is 16.8. The van der Waals surface area contributed by atoms with Gasteiger partial charge >= 0.3 is 17.9 Å². The average molecular weight is 877 g/mol. The Balaban J connectivity index is 4.26. The maximum Gasteiger partial charge on any atom is 0.306 e. The smallest absolute Gasteiger partial charge is 0.306 e. The van der Waals surface area contributed by atoms with Crippen molar-refractivity contribution in [3.8, 4) is 0 Å². The molecular weight excluding hydrogens is 769 g/mol. The van der Waals surface area contributed by atoms with Gasteiger partial charge in [0.1, 0.15) is 13.2 Å². The zero-order valence-corrected chi connectivity index (χ0v) is 42.5. The van der Waals surface area contributed by atoms with Crippen LogP contribution in [0.5, 0.6) is 0 Å². The van der Waals surface area contributed by atoms with E-state index in [0.717, 1.165) is 69.6 Å². The summed E-state index contributed by atoms with van der Waals surface area (Å²) in [4.78, 5) is 38.0. The SMILES string of the molecule is CCCCCCCCCCCCCCCCCCCC(=O)OC[C@@H](COC(=O)CCCCCCCCCC(C)C)OC(=O)CCCCCCCCCCCCCCCCC(C)C. The molecule has 0 aromatic rings. The van der Waals surface area contributed by atoms with Crippen LogP contribution in [0.1, 0.15) is 311 Å². The fourth-order valence-electron chi connectivity index (χ4n) is 8.52. The highest BCUT2D eigenvalue weighted by molar-refractivity contribution is 5.71. The lowest BCUT2D eigenvalue weighted by atomic mass is 10.0. The van der Waals surface area contributed by atoms with E-state index >= 15 is 0 Å². The van der Waals surface area contributed by atoms with Crippen LogP contribution in [-0.4, -0.2) is 37.2 Å². The van der Waals surface area contributed by atoms with Gasteiger partial charge in [-0.1, -0.05) is 272 Å². The molecule has 62 heavy (non-hydrogen) atoms. The molecule has 0 saturated carbocycles. The molecule has 0 aliphatic heterocycles. The highest BCUT2D eigenvalue weighted by atomic mass is 16.6. The van der Waals surface area contributed by atoms with Gasteiger partial charge < -0.3 is 14.2 Å². The number of carbonyl (C=O) groups excluding carboxylic acids is 3. The quantitative estimate of drug-likeness (QED) is 0.0344. The van der Waals surface area contributed by atoms with Crippen molar-refractivity contribution in [1.82, 2.24) is 0 Å². The molecule has 0 fully saturated rings. The Bertz CT molecular complexity index is 947. The molecule has 0 bridgehead atoms. The summed E-state index contributed by atoms with van der Waals surface area (Å²) in [6.45, 7) is 11.4. The minimum atomic E-state index is -0.762. The van der Waals surface area contributed by atoms with Crippen LogP contribution in [0.15, 0.2) is 0 Å². The van der Waals surface area contributed by atoms with Gasteiger partial charge in [0.2, 0.25) is 0 Å². The molecule has 0 saturated heterocycles. The van der Waals surface area contributed by atoms with E-state index in [1.165, 1.54) is 199 Å². The van der Waals surface area contributed by atoms with Crippen LogP contribution in [0.4, 0.5) is 0 Å². The van der Waals surface area contributed by atoms with Crippen molar-refractivity contribution in [2.75, 3.05) is 13.2 Å². The maximum absolute atomic E-state index is 12.8. The predicted molar refractivity (Wildman–Crippen MR) is 266 cm³/mol. The Morgan fingerprint density at radius 2 is 0.532 bits per heavy atom. The molecule has 0 heterocycles. The maximum atomic E-state index is 12.8. The largest absolute Gasteiger partial charge is 0.462 e.